The van der Waals surface area contributed by atoms with Gasteiger partial charge >= 0.3 is 0 Å². The Kier molecular flexibility index (Phi) is 4.94. The Morgan fingerprint density at radius 2 is 1.84 bits per heavy atom. The summed E-state index contributed by atoms with van der Waals surface area (Å²) in [4.78, 5) is 20.0. The number of Topliss-reactive ketones (excluding diaryl/α,β-unsaturated/α-hetero) is 1. The monoisotopic (exact) mass is 446 g/mol. The van der Waals surface area contributed by atoms with Crippen molar-refractivity contribution in [2.24, 2.45) is 0 Å². The van der Waals surface area contributed by atoms with Crippen LogP contribution in [0, 0.1) is 0 Å². The highest BCUT2D eigenvalue weighted by atomic mass is 32.2. The van der Waals surface area contributed by atoms with Gasteiger partial charge in [-0.05, 0) is 35.7 Å². The van der Waals surface area contributed by atoms with Crippen LogP contribution in [-0.4, -0.2) is 25.7 Å². The summed E-state index contributed by atoms with van der Waals surface area (Å²) >= 11 is 0. The molecule has 2 aliphatic heterocycles. The van der Waals surface area contributed by atoms with Crippen LogP contribution in [0.25, 0.3) is 0 Å². The van der Waals surface area contributed by atoms with E-state index in [0.29, 0.717) is 35.6 Å². The molecule has 0 saturated carbocycles. The second-order valence-electron chi connectivity index (χ2n) is 7.77. The number of carbonyl (C=O) groups is 1. The van der Waals surface area contributed by atoms with E-state index in [1.54, 1.807) is 30.5 Å². The Balaban J connectivity index is 1.62. The molecule has 0 radical (unpaired) electrons. The predicted molar refractivity (Wildman–Crippen MR) is 123 cm³/mol. The van der Waals surface area contributed by atoms with Crippen molar-refractivity contribution in [3.8, 4) is 0 Å². The van der Waals surface area contributed by atoms with Crippen LogP contribution in [-0.2, 0) is 23.0 Å². The lowest BCUT2D eigenvalue weighted by atomic mass is 9.97. The highest BCUT2D eigenvalue weighted by Crippen LogP contribution is 2.35. The van der Waals surface area contributed by atoms with Gasteiger partial charge in [-0.1, -0.05) is 49.4 Å². The molecule has 7 nitrogen and oxygen atoms in total. The molecule has 2 N–H and O–H groups in total. The summed E-state index contributed by atoms with van der Waals surface area (Å²) in [6.07, 6.45) is 2.32. The summed E-state index contributed by atoms with van der Waals surface area (Å²) in [5, 5.41) is 3.21. The van der Waals surface area contributed by atoms with Crippen molar-refractivity contribution >= 4 is 27.3 Å². The molecule has 2 aromatic carbocycles. The molecule has 5 rings (SSSR count). The number of ketones is 1. The third-order valence-corrected chi connectivity index (χ3v) is 7.13. The normalized spacial score (nSPS) is 18.9. The molecule has 3 aromatic rings. The van der Waals surface area contributed by atoms with Crippen LogP contribution in [0.4, 0.5) is 11.5 Å². The molecule has 3 heterocycles. The molecule has 0 bridgehead atoms. The fourth-order valence-electron chi connectivity index (χ4n) is 4.17. The molecule has 0 saturated heterocycles. The van der Waals surface area contributed by atoms with Crippen molar-refractivity contribution in [2.45, 2.75) is 24.8 Å². The number of sulfonamides is 1. The van der Waals surface area contributed by atoms with Gasteiger partial charge in [-0.15, -0.1) is 0 Å². The van der Waals surface area contributed by atoms with E-state index in [0.717, 1.165) is 11.1 Å². The Hall–Kier alpha value is -3.65. The van der Waals surface area contributed by atoms with Crippen LogP contribution in [0.3, 0.4) is 0 Å². The lowest BCUT2D eigenvalue weighted by Gasteiger charge is -2.33. The van der Waals surface area contributed by atoms with Crippen molar-refractivity contribution < 1.29 is 13.2 Å². The number of rotatable bonds is 3. The second kappa shape index (κ2) is 7.80. The number of fused-ring (bicyclic) bond motifs is 2. The van der Waals surface area contributed by atoms with Gasteiger partial charge in [0, 0.05) is 12.7 Å². The van der Waals surface area contributed by atoms with E-state index < -0.39 is 10.0 Å². The van der Waals surface area contributed by atoms with E-state index in [9.17, 15) is 13.2 Å². The van der Waals surface area contributed by atoms with Gasteiger partial charge < -0.3 is 10.2 Å². The molecule has 162 valence electrons. The largest absolute Gasteiger partial charge is 0.347 e. The zero-order valence-corrected chi connectivity index (χ0v) is 18.3. The molecule has 8 heteroatoms. The summed E-state index contributed by atoms with van der Waals surface area (Å²) in [6.45, 7) is 2.73. The molecular formula is C24H22N4O3S. The Labute approximate surface area is 186 Å². The number of hydrogen-bond acceptors (Lipinski definition) is 6. The van der Waals surface area contributed by atoms with E-state index in [-0.39, 0.29) is 23.0 Å². The summed E-state index contributed by atoms with van der Waals surface area (Å²) in [7, 11) is -3.81. The summed E-state index contributed by atoms with van der Waals surface area (Å²) in [6, 6.07) is 18.5. The van der Waals surface area contributed by atoms with Crippen LogP contribution in [0.15, 0.2) is 83.2 Å². The lowest BCUT2D eigenvalue weighted by molar-refractivity contribution is 0.102. The first-order chi connectivity index (χ1) is 15.5. The van der Waals surface area contributed by atoms with Crippen LogP contribution in [0.5, 0.6) is 0 Å². The van der Waals surface area contributed by atoms with Gasteiger partial charge in [0.2, 0.25) is 0 Å². The minimum Gasteiger partial charge on any atom is -0.347 e. The molecule has 0 aliphatic carbocycles. The topological polar surface area (TPSA) is 91.4 Å². The minimum absolute atomic E-state index is 0.188. The standard InChI is InChI=1S/C24H22N4O3S/c1-2-17-10-6-12-20-21(17)26-23(27-32(20,30)31)19-15-28(14-16-8-4-3-5-9-16)24-18(22(19)29)11-7-13-25-24/h3-13,26-27H,2,14-15H2,1H3. The lowest BCUT2D eigenvalue weighted by Crippen LogP contribution is -2.41. The zero-order valence-electron chi connectivity index (χ0n) is 17.5. The van der Waals surface area contributed by atoms with E-state index in [2.05, 4.69) is 15.0 Å². The number of benzene rings is 2. The van der Waals surface area contributed by atoms with Gasteiger partial charge in [0.25, 0.3) is 10.0 Å². The summed E-state index contributed by atoms with van der Waals surface area (Å²) < 4.78 is 28.6. The molecule has 32 heavy (non-hydrogen) atoms. The minimum atomic E-state index is -3.81. The van der Waals surface area contributed by atoms with E-state index >= 15 is 0 Å². The third-order valence-electron chi connectivity index (χ3n) is 5.74. The SMILES string of the molecule is CCc1cccc2c1NC(=C1CN(Cc3ccccc3)c3ncccc3C1=O)NS2(=O)=O. The summed E-state index contributed by atoms with van der Waals surface area (Å²) in [5.41, 5.74) is 3.28. The first-order valence-electron chi connectivity index (χ1n) is 10.4. The van der Waals surface area contributed by atoms with E-state index in [1.807, 2.05) is 48.2 Å². The number of pyridine rings is 1. The Morgan fingerprint density at radius 1 is 1.03 bits per heavy atom. The number of anilines is 2. The average Bonchev–Trinajstić information content (AvgIpc) is 2.81. The maximum absolute atomic E-state index is 13.4. The van der Waals surface area contributed by atoms with Crippen LogP contribution in [0.2, 0.25) is 0 Å². The number of nitrogens with one attached hydrogen (secondary N) is 2. The molecule has 0 atom stereocenters. The molecule has 0 unspecified atom stereocenters. The maximum atomic E-state index is 13.4. The number of aryl methyl sites for hydroxylation is 1. The van der Waals surface area contributed by atoms with Crippen LogP contribution < -0.4 is 14.9 Å². The van der Waals surface area contributed by atoms with Crippen molar-refractivity contribution in [1.82, 2.24) is 9.71 Å². The fraction of sp³-hybridized carbons (Fsp3) is 0.167. The fourth-order valence-corrected chi connectivity index (χ4v) is 5.43. The third kappa shape index (κ3) is 3.42. The number of aromatic nitrogens is 1. The van der Waals surface area contributed by atoms with Gasteiger partial charge in [-0.3, -0.25) is 9.52 Å². The number of para-hydroxylation sites is 1. The number of hydrogen-bond donors (Lipinski definition) is 2. The molecule has 0 amide bonds. The average molecular weight is 447 g/mol. The number of nitrogens with zero attached hydrogens (tertiary/aromatic N) is 2. The Morgan fingerprint density at radius 3 is 2.62 bits per heavy atom. The van der Waals surface area contributed by atoms with E-state index in [1.165, 1.54) is 0 Å². The van der Waals surface area contributed by atoms with E-state index in [4.69, 9.17) is 0 Å². The molecule has 1 aromatic heterocycles. The highest BCUT2D eigenvalue weighted by Gasteiger charge is 2.35. The van der Waals surface area contributed by atoms with Crippen LogP contribution in [0.1, 0.15) is 28.4 Å². The summed E-state index contributed by atoms with van der Waals surface area (Å²) in [5.74, 6) is 0.565. The molecular weight excluding hydrogens is 424 g/mol. The van der Waals surface area contributed by atoms with Gasteiger partial charge in [-0.2, -0.15) is 0 Å². The Bertz CT molecular complexity index is 1350. The van der Waals surface area contributed by atoms with Crippen LogP contribution >= 0.6 is 0 Å². The van der Waals surface area contributed by atoms with Crippen molar-refractivity contribution in [1.29, 1.82) is 0 Å². The van der Waals surface area contributed by atoms with Crippen molar-refractivity contribution in [2.75, 3.05) is 16.8 Å². The first kappa shape index (κ1) is 20.3. The number of carbonyl (C=O) groups excluding carboxylic acids is 1. The second-order valence-corrected chi connectivity index (χ2v) is 9.42. The van der Waals surface area contributed by atoms with Gasteiger partial charge in [0.05, 0.1) is 23.4 Å². The maximum Gasteiger partial charge on any atom is 0.265 e. The van der Waals surface area contributed by atoms with Gasteiger partial charge in [0.1, 0.15) is 16.5 Å². The zero-order chi connectivity index (χ0) is 22.3. The van der Waals surface area contributed by atoms with Crippen molar-refractivity contribution in [3.05, 3.63) is 94.9 Å². The molecule has 2 aliphatic rings. The predicted octanol–water partition coefficient (Wildman–Crippen LogP) is 3.46. The molecule has 0 fully saturated rings. The quantitative estimate of drug-likeness (QED) is 0.599. The van der Waals surface area contributed by atoms with Crippen molar-refractivity contribution in [3.63, 3.8) is 0 Å². The smallest absolute Gasteiger partial charge is 0.265 e. The molecule has 0 spiro atoms. The first-order valence-corrected chi connectivity index (χ1v) is 11.9. The van der Waals surface area contributed by atoms with Gasteiger partial charge in [-0.25, -0.2) is 13.4 Å². The highest BCUT2D eigenvalue weighted by molar-refractivity contribution is 7.90. The van der Waals surface area contributed by atoms with Gasteiger partial charge in [0.15, 0.2) is 5.78 Å².